The van der Waals surface area contributed by atoms with Gasteiger partial charge in [-0.1, -0.05) is 6.07 Å². The second-order valence-electron chi connectivity index (χ2n) is 3.52. The third kappa shape index (κ3) is 2.46. The number of hydrogen-bond acceptors (Lipinski definition) is 4. The van der Waals surface area contributed by atoms with Crippen LogP contribution >= 0.6 is 0 Å². The largest absolute Gasteiger partial charge is 0.508 e. The van der Waals surface area contributed by atoms with Crippen LogP contribution in [0.4, 0.5) is 11.5 Å². The zero-order chi connectivity index (χ0) is 13.1. The Hall–Kier alpha value is -2.83. The highest BCUT2D eigenvalue weighted by molar-refractivity contribution is 6.03. The molecule has 0 saturated heterocycles. The first-order chi connectivity index (χ1) is 8.56. The molecule has 92 valence electrons. The van der Waals surface area contributed by atoms with Crippen molar-refractivity contribution in [2.75, 3.05) is 5.32 Å². The number of H-pyrrole nitrogens is 1. The van der Waals surface area contributed by atoms with Crippen LogP contribution in [0.2, 0.25) is 0 Å². The molecule has 1 heterocycles. The fourth-order valence-electron chi connectivity index (χ4n) is 1.40. The monoisotopic (exact) mass is 247 g/mol. The minimum absolute atomic E-state index is 0.0188. The predicted molar refractivity (Wildman–Crippen MR) is 63.5 cm³/mol. The van der Waals surface area contributed by atoms with Crippen LogP contribution in [0.25, 0.3) is 0 Å². The Morgan fingerprint density at radius 2 is 2.11 bits per heavy atom. The molecule has 1 amide bonds. The van der Waals surface area contributed by atoms with E-state index in [1.807, 2.05) is 0 Å². The summed E-state index contributed by atoms with van der Waals surface area (Å²) in [7, 11) is 0. The van der Waals surface area contributed by atoms with Gasteiger partial charge in [0.2, 0.25) is 0 Å². The highest BCUT2D eigenvalue weighted by atomic mass is 16.6. The molecule has 0 radical (unpaired) electrons. The SMILES string of the molecule is O=C(Nc1cccc(O)c1)c1ccc([N+](=O)[O-])[nH]1. The Kier molecular flexibility index (Phi) is 2.96. The number of phenolic OH excluding ortho intramolecular Hbond substituents is 1. The number of anilines is 1. The van der Waals surface area contributed by atoms with Crippen LogP contribution in [0.3, 0.4) is 0 Å². The first-order valence-electron chi connectivity index (χ1n) is 5.00. The Bertz CT molecular complexity index is 606. The highest BCUT2D eigenvalue weighted by Gasteiger charge is 2.15. The Labute approximate surface area is 101 Å². The van der Waals surface area contributed by atoms with E-state index in [0.717, 1.165) is 0 Å². The van der Waals surface area contributed by atoms with Gasteiger partial charge < -0.3 is 20.5 Å². The molecule has 7 heteroatoms. The molecular weight excluding hydrogens is 238 g/mol. The van der Waals surface area contributed by atoms with E-state index in [9.17, 15) is 20.0 Å². The highest BCUT2D eigenvalue weighted by Crippen LogP contribution is 2.17. The summed E-state index contributed by atoms with van der Waals surface area (Å²) in [6, 6.07) is 8.52. The number of rotatable bonds is 3. The summed E-state index contributed by atoms with van der Waals surface area (Å²) in [4.78, 5) is 23.9. The number of benzene rings is 1. The predicted octanol–water partition coefficient (Wildman–Crippen LogP) is 1.88. The summed E-state index contributed by atoms with van der Waals surface area (Å²) in [5, 5.41) is 22.2. The quantitative estimate of drug-likeness (QED) is 0.568. The fourth-order valence-corrected chi connectivity index (χ4v) is 1.40. The van der Waals surface area contributed by atoms with Gasteiger partial charge in [0, 0.05) is 17.8 Å². The van der Waals surface area contributed by atoms with Crippen molar-refractivity contribution in [3.05, 3.63) is 52.2 Å². The zero-order valence-electron chi connectivity index (χ0n) is 9.08. The average Bonchev–Trinajstić information content (AvgIpc) is 2.78. The van der Waals surface area contributed by atoms with Gasteiger partial charge in [0.05, 0.1) is 0 Å². The molecule has 7 nitrogen and oxygen atoms in total. The molecule has 2 rings (SSSR count). The summed E-state index contributed by atoms with van der Waals surface area (Å²) in [6.07, 6.45) is 0. The number of aromatic nitrogens is 1. The molecule has 2 aromatic rings. The molecule has 18 heavy (non-hydrogen) atoms. The van der Waals surface area contributed by atoms with E-state index in [4.69, 9.17) is 0 Å². The molecule has 0 saturated carbocycles. The van der Waals surface area contributed by atoms with E-state index in [-0.39, 0.29) is 17.3 Å². The molecule has 0 spiro atoms. The van der Waals surface area contributed by atoms with Crippen LogP contribution in [-0.2, 0) is 0 Å². The first-order valence-corrected chi connectivity index (χ1v) is 5.00. The zero-order valence-corrected chi connectivity index (χ0v) is 9.08. The molecule has 0 bridgehead atoms. The molecule has 0 fully saturated rings. The lowest BCUT2D eigenvalue weighted by molar-refractivity contribution is -0.389. The molecule has 0 aliphatic carbocycles. The van der Waals surface area contributed by atoms with Gasteiger partial charge >= 0.3 is 5.82 Å². The van der Waals surface area contributed by atoms with Crippen molar-refractivity contribution in [3.8, 4) is 5.75 Å². The van der Waals surface area contributed by atoms with E-state index >= 15 is 0 Å². The van der Waals surface area contributed by atoms with Crippen molar-refractivity contribution in [3.63, 3.8) is 0 Å². The minimum Gasteiger partial charge on any atom is -0.508 e. The summed E-state index contributed by atoms with van der Waals surface area (Å²) < 4.78 is 0. The topological polar surface area (TPSA) is 108 Å². The van der Waals surface area contributed by atoms with E-state index < -0.39 is 10.8 Å². The second kappa shape index (κ2) is 4.58. The third-order valence-corrected chi connectivity index (χ3v) is 2.22. The smallest absolute Gasteiger partial charge is 0.321 e. The molecule has 0 aliphatic rings. The van der Waals surface area contributed by atoms with Gasteiger partial charge in [-0.05, 0) is 23.1 Å². The maximum atomic E-state index is 11.7. The lowest BCUT2D eigenvalue weighted by atomic mass is 10.3. The number of carbonyl (C=O) groups is 1. The number of hydrogen-bond donors (Lipinski definition) is 3. The third-order valence-electron chi connectivity index (χ3n) is 2.22. The number of nitro groups is 1. The van der Waals surface area contributed by atoms with Crippen molar-refractivity contribution in [2.45, 2.75) is 0 Å². The van der Waals surface area contributed by atoms with Crippen LogP contribution in [0.15, 0.2) is 36.4 Å². The summed E-state index contributed by atoms with van der Waals surface area (Å²) in [5.41, 5.74) is 0.474. The average molecular weight is 247 g/mol. The van der Waals surface area contributed by atoms with Crippen molar-refractivity contribution < 1.29 is 14.8 Å². The first kappa shape index (κ1) is 11.6. The normalized spacial score (nSPS) is 10.0. The Morgan fingerprint density at radius 3 is 2.72 bits per heavy atom. The van der Waals surface area contributed by atoms with Gasteiger partial charge in [-0.15, -0.1) is 0 Å². The standard InChI is InChI=1S/C11H9N3O4/c15-8-3-1-2-7(6-8)12-11(16)9-4-5-10(13-9)14(17)18/h1-6,13,15H,(H,12,16). The van der Waals surface area contributed by atoms with Crippen LogP contribution in [0.5, 0.6) is 5.75 Å². The second-order valence-corrected chi connectivity index (χ2v) is 3.52. The van der Waals surface area contributed by atoms with Crippen LogP contribution in [0, 0.1) is 10.1 Å². The number of phenols is 1. The van der Waals surface area contributed by atoms with E-state index in [0.29, 0.717) is 5.69 Å². The molecule has 0 unspecified atom stereocenters. The van der Waals surface area contributed by atoms with Gasteiger partial charge in [0.15, 0.2) is 5.69 Å². The van der Waals surface area contributed by atoms with Crippen molar-refractivity contribution in [1.29, 1.82) is 0 Å². The van der Waals surface area contributed by atoms with Gasteiger partial charge in [0.25, 0.3) is 5.91 Å². The Morgan fingerprint density at radius 1 is 1.33 bits per heavy atom. The number of nitrogens with zero attached hydrogens (tertiary/aromatic N) is 1. The Balaban J connectivity index is 2.14. The summed E-state index contributed by atoms with van der Waals surface area (Å²) in [5.74, 6) is -0.755. The van der Waals surface area contributed by atoms with E-state index in [2.05, 4.69) is 10.3 Å². The van der Waals surface area contributed by atoms with E-state index in [1.54, 1.807) is 12.1 Å². The molecule has 0 aliphatic heterocycles. The lowest BCUT2D eigenvalue weighted by Gasteiger charge is -2.02. The van der Waals surface area contributed by atoms with Gasteiger partial charge in [-0.2, -0.15) is 0 Å². The molecule has 3 N–H and O–H groups in total. The number of carbonyl (C=O) groups excluding carboxylic acids is 1. The summed E-state index contributed by atoms with van der Waals surface area (Å²) >= 11 is 0. The maximum Gasteiger partial charge on any atom is 0.321 e. The maximum absolute atomic E-state index is 11.7. The van der Waals surface area contributed by atoms with Crippen LogP contribution in [0.1, 0.15) is 10.5 Å². The molecule has 1 aromatic heterocycles. The van der Waals surface area contributed by atoms with Gasteiger partial charge in [-0.25, -0.2) is 4.98 Å². The minimum atomic E-state index is -0.620. The van der Waals surface area contributed by atoms with Crippen molar-refractivity contribution in [1.82, 2.24) is 4.98 Å². The summed E-state index contributed by atoms with van der Waals surface area (Å²) in [6.45, 7) is 0. The van der Waals surface area contributed by atoms with Gasteiger partial charge in [0.1, 0.15) is 5.75 Å². The lowest BCUT2D eigenvalue weighted by Crippen LogP contribution is -2.12. The van der Waals surface area contributed by atoms with Crippen LogP contribution < -0.4 is 5.32 Å². The fraction of sp³-hybridized carbons (Fsp3) is 0. The number of amides is 1. The number of aromatic amines is 1. The van der Waals surface area contributed by atoms with Gasteiger partial charge in [-0.3, -0.25) is 4.79 Å². The van der Waals surface area contributed by atoms with Crippen molar-refractivity contribution in [2.24, 2.45) is 0 Å². The molecule has 0 atom stereocenters. The molecule has 1 aromatic carbocycles. The number of aromatic hydroxyl groups is 1. The molecular formula is C11H9N3O4. The van der Waals surface area contributed by atoms with Crippen molar-refractivity contribution >= 4 is 17.4 Å². The van der Waals surface area contributed by atoms with Crippen LogP contribution in [-0.4, -0.2) is 20.9 Å². The number of nitrogens with one attached hydrogen (secondary N) is 2. The van der Waals surface area contributed by atoms with E-state index in [1.165, 1.54) is 24.3 Å².